The highest BCUT2D eigenvalue weighted by Crippen LogP contribution is 2.23. The number of urea groups is 1. The number of benzene rings is 1. The van der Waals surface area contributed by atoms with E-state index in [1.807, 2.05) is 12.1 Å². The molecule has 1 unspecified atom stereocenters. The molecule has 1 rings (SSSR count). The Kier molecular flexibility index (Phi) is 6.05. The molecule has 0 radical (unpaired) electrons. The molecule has 0 aliphatic heterocycles. The maximum absolute atomic E-state index is 11.9. The van der Waals surface area contributed by atoms with Crippen molar-refractivity contribution < 1.29 is 14.7 Å². The fourth-order valence-corrected chi connectivity index (χ4v) is 2.21. The van der Waals surface area contributed by atoms with Gasteiger partial charge in [-0.25, -0.2) is 4.79 Å². The van der Waals surface area contributed by atoms with Crippen LogP contribution in [0.1, 0.15) is 6.92 Å². The van der Waals surface area contributed by atoms with E-state index in [0.717, 1.165) is 8.04 Å². The van der Waals surface area contributed by atoms with Crippen molar-refractivity contribution in [2.24, 2.45) is 5.92 Å². The summed E-state index contributed by atoms with van der Waals surface area (Å²) in [5.74, 6) is -1.52. The topological polar surface area (TPSA) is 69.6 Å². The average molecular weight is 441 g/mol. The molecule has 0 aliphatic rings. The minimum Gasteiger partial charge on any atom is -0.481 e. The molecule has 0 fully saturated rings. The molecule has 0 aromatic heterocycles. The van der Waals surface area contributed by atoms with Crippen LogP contribution in [0.4, 0.5) is 10.5 Å². The van der Waals surface area contributed by atoms with Gasteiger partial charge in [0.1, 0.15) is 0 Å². The highest BCUT2D eigenvalue weighted by Gasteiger charge is 2.17. The maximum atomic E-state index is 11.9. The standard InChI is InChI=1S/C12H14BrIN2O3/c1-7(11(17)18)6-16(2)12(19)15-10-5-8(13)3-4-9(10)14/h3-5,7H,6H2,1-2H3,(H,15,19)(H,17,18). The lowest BCUT2D eigenvalue weighted by molar-refractivity contribution is -0.141. The van der Waals surface area contributed by atoms with Crippen molar-refractivity contribution in [3.8, 4) is 0 Å². The first-order chi connectivity index (χ1) is 8.81. The van der Waals surface area contributed by atoms with E-state index in [0.29, 0.717) is 5.69 Å². The molecule has 7 heteroatoms. The molecular formula is C12H14BrIN2O3. The van der Waals surface area contributed by atoms with Gasteiger partial charge >= 0.3 is 12.0 Å². The van der Waals surface area contributed by atoms with Crippen LogP contribution in [0.2, 0.25) is 0 Å². The average Bonchev–Trinajstić information content (AvgIpc) is 2.33. The number of rotatable bonds is 4. The summed E-state index contributed by atoms with van der Waals surface area (Å²) in [4.78, 5) is 24.0. The van der Waals surface area contributed by atoms with E-state index in [1.165, 1.54) is 4.90 Å². The van der Waals surface area contributed by atoms with Gasteiger partial charge in [-0.15, -0.1) is 0 Å². The van der Waals surface area contributed by atoms with E-state index >= 15 is 0 Å². The normalized spacial score (nSPS) is 11.8. The van der Waals surface area contributed by atoms with Crippen LogP contribution in [0.3, 0.4) is 0 Å². The molecule has 104 valence electrons. The van der Waals surface area contributed by atoms with Crippen molar-refractivity contribution in [1.82, 2.24) is 4.90 Å². The molecule has 0 saturated carbocycles. The number of carbonyl (C=O) groups is 2. The fourth-order valence-electron chi connectivity index (χ4n) is 1.38. The summed E-state index contributed by atoms with van der Waals surface area (Å²) >= 11 is 5.46. The fraction of sp³-hybridized carbons (Fsp3) is 0.333. The third-order valence-corrected chi connectivity index (χ3v) is 3.92. The second kappa shape index (κ2) is 7.09. The zero-order valence-corrected chi connectivity index (χ0v) is 14.2. The number of halogens is 2. The zero-order valence-electron chi connectivity index (χ0n) is 10.5. The van der Waals surface area contributed by atoms with Gasteiger partial charge < -0.3 is 15.3 Å². The van der Waals surface area contributed by atoms with Gasteiger partial charge in [0.25, 0.3) is 0 Å². The molecule has 0 heterocycles. The van der Waals surface area contributed by atoms with Gasteiger partial charge in [0.15, 0.2) is 0 Å². The Morgan fingerprint density at radius 3 is 2.74 bits per heavy atom. The quantitative estimate of drug-likeness (QED) is 0.706. The summed E-state index contributed by atoms with van der Waals surface area (Å²) in [6.07, 6.45) is 0. The van der Waals surface area contributed by atoms with Crippen LogP contribution in [-0.2, 0) is 4.79 Å². The largest absolute Gasteiger partial charge is 0.481 e. The van der Waals surface area contributed by atoms with E-state index in [4.69, 9.17) is 5.11 Å². The smallest absolute Gasteiger partial charge is 0.321 e. The molecule has 1 aromatic carbocycles. The number of hydrogen-bond acceptors (Lipinski definition) is 2. The lowest BCUT2D eigenvalue weighted by Crippen LogP contribution is -2.36. The van der Waals surface area contributed by atoms with E-state index in [2.05, 4.69) is 43.8 Å². The van der Waals surface area contributed by atoms with Crippen LogP contribution in [0.5, 0.6) is 0 Å². The van der Waals surface area contributed by atoms with Gasteiger partial charge in [0.2, 0.25) is 0 Å². The summed E-state index contributed by atoms with van der Waals surface area (Å²) in [6, 6.07) is 5.23. The number of aliphatic carboxylic acids is 1. The summed E-state index contributed by atoms with van der Waals surface area (Å²) in [6.45, 7) is 1.72. The number of carboxylic acids is 1. The Balaban J connectivity index is 2.68. The predicted molar refractivity (Wildman–Crippen MR) is 85.3 cm³/mol. The molecule has 19 heavy (non-hydrogen) atoms. The van der Waals surface area contributed by atoms with Crippen LogP contribution in [-0.4, -0.2) is 35.6 Å². The molecule has 0 spiro atoms. The van der Waals surface area contributed by atoms with Crippen LogP contribution in [0.15, 0.2) is 22.7 Å². The lowest BCUT2D eigenvalue weighted by atomic mass is 10.2. The SMILES string of the molecule is CC(CN(C)C(=O)Nc1cc(Br)ccc1I)C(=O)O. The predicted octanol–water partition coefficient (Wildman–Crippen LogP) is 3.24. The molecule has 0 bridgehead atoms. The van der Waals surface area contributed by atoms with E-state index in [1.54, 1.807) is 20.0 Å². The van der Waals surface area contributed by atoms with Crippen molar-refractivity contribution in [3.63, 3.8) is 0 Å². The summed E-state index contributed by atoms with van der Waals surface area (Å²) < 4.78 is 1.78. The second-order valence-electron chi connectivity index (χ2n) is 4.17. The van der Waals surface area contributed by atoms with Crippen molar-refractivity contribution >= 4 is 56.2 Å². The summed E-state index contributed by atoms with van der Waals surface area (Å²) in [5, 5.41) is 11.6. The number of amides is 2. The minimum absolute atomic E-state index is 0.158. The Labute approximate surface area is 133 Å². The number of carboxylic acid groups (broad SMARTS) is 1. The molecule has 2 amide bonds. The Morgan fingerprint density at radius 2 is 2.16 bits per heavy atom. The van der Waals surface area contributed by atoms with Crippen molar-refractivity contribution in [2.45, 2.75) is 6.92 Å². The molecule has 0 saturated heterocycles. The number of anilines is 1. The van der Waals surface area contributed by atoms with Gasteiger partial charge in [-0.05, 0) is 40.8 Å². The third-order valence-electron chi connectivity index (χ3n) is 2.49. The van der Waals surface area contributed by atoms with Crippen molar-refractivity contribution in [3.05, 3.63) is 26.2 Å². The van der Waals surface area contributed by atoms with Crippen LogP contribution < -0.4 is 5.32 Å². The van der Waals surface area contributed by atoms with E-state index in [-0.39, 0.29) is 12.6 Å². The van der Waals surface area contributed by atoms with Crippen LogP contribution in [0.25, 0.3) is 0 Å². The molecule has 1 atom stereocenters. The first-order valence-corrected chi connectivity index (χ1v) is 7.38. The molecule has 2 N–H and O–H groups in total. The molecule has 1 aromatic rings. The molecule has 5 nitrogen and oxygen atoms in total. The highest BCUT2D eigenvalue weighted by atomic mass is 127. The number of carbonyl (C=O) groups excluding carboxylic acids is 1. The van der Waals surface area contributed by atoms with Crippen LogP contribution >= 0.6 is 38.5 Å². The Bertz CT molecular complexity index is 496. The summed E-state index contributed by atoms with van der Waals surface area (Å²) in [5.41, 5.74) is 0.690. The van der Waals surface area contributed by atoms with Gasteiger partial charge in [0, 0.05) is 21.6 Å². The van der Waals surface area contributed by atoms with Crippen molar-refractivity contribution in [2.75, 3.05) is 18.9 Å². The Hall–Kier alpha value is -0.830. The number of nitrogens with zero attached hydrogens (tertiary/aromatic N) is 1. The molecule has 0 aliphatic carbocycles. The first-order valence-electron chi connectivity index (χ1n) is 5.51. The van der Waals surface area contributed by atoms with Crippen LogP contribution in [0, 0.1) is 9.49 Å². The summed E-state index contributed by atoms with van der Waals surface area (Å²) in [7, 11) is 1.57. The van der Waals surface area contributed by atoms with E-state index in [9.17, 15) is 9.59 Å². The lowest BCUT2D eigenvalue weighted by Gasteiger charge is -2.20. The van der Waals surface area contributed by atoms with Crippen molar-refractivity contribution in [1.29, 1.82) is 0 Å². The maximum Gasteiger partial charge on any atom is 0.321 e. The molecular weight excluding hydrogens is 427 g/mol. The Morgan fingerprint density at radius 1 is 1.53 bits per heavy atom. The van der Waals surface area contributed by atoms with Gasteiger partial charge in [-0.2, -0.15) is 0 Å². The highest BCUT2D eigenvalue weighted by molar-refractivity contribution is 14.1. The first kappa shape index (κ1) is 16.2. The zero-order chi connectivity index (χ0) is 14.6. The van der Waals surface area contributed by atoms with E-state index < -0.39 is 11.9 Å². The monoisotopic (exact) mass is 440 g/mol. The number of hydrogen-bond donors (Lipinski definition) is 2. The van der Waals surface area contributed by atoms with Gasteiger partial charge in [-0.3, -0.25) is 4.79 Å². The van der Waals surface area contributed by atoms with Gasteiger partial charge in [-0.1, -0.05) is 22.9 Å². The minimum atomic E-state index is -0.920. The number of nitrogens with one attached hydrogen (secondary N) is 1. The third kappa shape index (κ3) is 4.98. The van der Waals surface area contributed by atoms with Gasteiger partial charge in [0.05, 0.1) is 11.6 Å². The second-order valence-corrected chi connectivity index (χ2v) is 6.25.